The summed E-state index contributed by atoms with van der Waals surface area (Å²) in [4.78, 5) is 32.0. The lowest BCUT2D eigenvalue weighted by atomic mass is 9.33. The molecule has 1 heterocycles. The van der Waals surface area contributed by atoms with Crippen molar-refractivity contribution >= 4 is 21.8 Å². The highest BCUT2D eigenvalue weighted by Gasteiger charge is 2.70. The van der Waals surface area contributed by atoms with E-state index in [2.05, 4.69) is 83.6 Å². The Morgan fingerprint density at radius 2 is 1.45 bits per heavy atom. The van der Waals surface area contributed by atoms with Crippen LogP contribution in [0.2, 0.25) is 0 Å². The van der Waals surface area contributed by atoms with Crippen LogP contribution in [0.25, 0.3) is 0 Å². The number of nitrogens with one attached hydrogen (secondary N) is 1. The molecule has 1 aromatic heterocycles. The Morgan fingerprint density at radius 1 is 0.798 bits per heavy atom. The molecule has 2 N–H and O–H groups in total. The molecule has 5 saturated carbocycles. The number of carbonyl (C=O) groups is 2. The third-order valence-corrected chi connectivity index (χ3v) is 26.2. The number of nitriles is 1. The fourth-order valence-electron chi connectivity index (χ4n) is 19.5. The van der Waals surface area contributed by atoms with Crippen LogP contribution in [0.3, 0.4) is 0 Å². The first kappa shape index (κ1) is 66.4. The van der Waals surface area contributed by atoms with Crippen molar-refractivity contribution in [3.05, 3.63) is 59.3 Å². The van der Waals surface area contributed by atoms with Gasteiger partial charge in [-0.05, 0) is 204 Å². The van der Waals surface area contributed by atoms with E-state index in [4.69, 9.17) is 14.2 Å². The number of hydrogen-bond donors (Lipinski definition) is 2. The average Bonchev–Trinajstić information content (AvgIpc) is 1.09. The van der Waals surface area contributed by atoms with Gasteiger partial charge in [0.25, 0.3) is 0 Å². The van der Waals surface area contributed by atoms with E-state index in [9.17, 15) is 28.4 Å². The summed E-state index contributed by atoms with van der Waals surface area (Å²) in [7, 11) is -3.10. The number of unbranched alkanes of at least 4 members (excludes halogenated alkanes) is 14. The van der Waals surface area contributed by atoms with Crippen molar-refractivity contribution in [2.45, 2.75) is 290 Å². The van der Waals surface area contributed by atoms with Gasteiger partial charge in [0, 0.05) is 31.3 Å². The minimum Gasteiger partial charge on any atom is -0.475 e. The predicted molar refractivity (Wildman–Crippen MR) is 337 cm³/mol. The SMILES string of the molecule is C=C(C)[C@@H]1CC[C@]2(NCC[C@]3(O)CC[C@@H](S(C)(=O)=O)CC3)CC[C@]3(C)[C@H](CC[C@@H]4[C@@]5(C)CC=C(C6=CC[C@@](COc7ncccc7C#N)(C(=O)OC(C)OC(=O)CCCCCCCCCCCCCCCCC)CC6)C(C)(C)[C@@H]5CC[C@]43C)[C@@H]12. The number of nitrogens with zero attached hydrogens (tertiary/aromatic N) is 2. The molecule has 5 fully saturated rings. The fraction of sp³-hybridized carbons (Fsp3) is 0.806. The molecule has 12 heteroatoms. The highest BCUT2D eigenvalue weighted by Crippen LogP contribution is 2.76. The molecule has 0 amide bonds. The third kappa shape index (κ3) is 14.3. The van der Waals surface area contributed by atoms with Gasteiger partial charge in [0.1, 0.15) is 33.5 Å². The Kier molecular flexibility index (Phi) is 22.1. The molecular formula is C72H113N3O8S. The number of rotatable bonds is 29. The maximum Gasteiger partial charge on any atom is 0.318 e. The predicted octanol–water partition coefficient (Wildman–Crippen LogP) is 16.8. The topological polar surface area (TPSA) is 165 Å². The van der Waals surface area contributed by atoms with Crippen molar-refractivity contribution < 1.29 is 37.3 Å². The second-order valence-corrected chi connectivity index (χ2v) is 32.3. The van der Waals surface area contributed by atoms with E-state index in [1.54, 1.807) is 25.3 Å². The molecule has 0 aromatic carbocycles. The summed E-state index contributed by atoms with van der Waals surface area (Å²) >= 11 is 0. The normalized spacial score (nSPS) is 34.7. The van der Waals surface area contributed by atoms with Crippen molar-refractivity contribution in [2.24, 2.45) is 56.7 Å². The van der Waals surface area contributed by atoms with E-state index >= 15 is 0 Å². The van der Waals surface area contributed by atoms with E-state index in [-0.39, 0.29) is 50.9 Å². The van der Waals surface area contributed by atoms with Crippen LogP contribution < -0.4 is 10.1 Å². The number of aliphatic hydroxyl groups is 1. The molecule has 1 aromatic rings. The highest BCUT2D eigenvalue weighted by atomic mass is 32.2. The second kappa shape index (κ2) is 27.9. The molecule has 11 atom stereocenters. The lowest BCUT2D eigenvalue weighted by Gasteiger charge is -2.72. The maximum absolute atomic E-state index is 14.6. The molecular weight excluding hydrogens is 1070 g/mol. The Hall–Kier alpha value is -3.53. The minimum atomic E-state index is -3.10. The van der Waals surface area contributed by atoms with E-state index in [1.807, 2.05) is 0 Å². The van der Waals surface area contributed by atoms with E-state index in [0.29, 0.717) is 92.9 Å². The van der Waals surface area contributed by atoms with Crippen molar-refractivity contribution in [3.63, 3.8) is 0 Å². The first-order valence-electron chi connectivity index (χ1n) is 34.0. The molecule has 7 aliphatic carbocycles. The van der Waals surface area contributed by atoms with Crippen molar-refractivity contribution in [1.82, 2.24) is 10.3 Å². The van der Waals surface area contributed by atoms with Gasteiger partial charge in [-0.25, -0.2) is 13.4 Å². The number of allylic oxidation sites excluding steroid dienone is 5. The minimum absolute atomic E-state index is 0.0190. The lowest BCUT2D eigenvalue weighted by Crippen LogP contribution is -2.68. The summed E-state index contributed by atoms with van der Waals surface area (Å²) in [5.74, 6) is 1.98. The quantitative estimate of drug-likeness (QED) is 0.0339. The van der Waals surface area contributed by atoms with Crippen molar-refractivity contribution in [2.75, 3.05) is 19.4 Å². The van der Waals surface area contributed by atoms with Crippen LogP contribution in [0, 0.1) is 68.0 Å². The molecule has 1 unspecified atom stereocenters. The summed E-state index contributed by atoms with van der Waals surface area (Å²) < 4.78 is 42.7. The smallest absolute Gasteiger partial charge is 0.318 e. The van der Waals surface area contributed by atoms with Crippen molar-refractivity contribution in [3.8, 4) is 11.9 Å². The Balaban J connectivity index is 0.892. The standard InChI is InChI=1S/C72H113N3O8S/c1-11-12-13-14-15-16-17-18-19-20-21-22-23-24-25-28-62(76)82-53(4)83-65(77)70(51-81-64-55(50-73)27-26-48-74-64)40-31-54(32-41-70)58-36-38-67(7)60(66(58,5)6)37-39-69(9)61(67)30-29-59-63-57(52(2)3)35-44-72(63,46-45-68(59,69)8)75-49-47-71(78)42-33-56(34-43-71)84(10,79)80/h26-27,31,36,48,53,56-57,59-61,63,75,78H,2,11-25,28-30,32-35,37-47,49,51H2,1,3-10H3/t53?,56-,57-,59+,60-,61+,63+,67-,68+,69+,70+,71+,72-/m0/s1. The van der Waals surface area contributed by atoms with Crippen LogP contribution in [0.5, 0.6) is 5.88 Å². The van der Waals surface area contributed by atoms with Gasteiger partial charge in [0.05, 0.1) is 10.9 Å². The third-order valence-electron chi connectivity index (χ3n) is 24.5. The zero-order valence-corrected chi connectivity index (χ0v) is 54.8. The Bertz CT molecular complexity index is 2650. The van der Waals surface area contributed by atoms with Crippen LogP contribution in [0.4, 0.5) is 0 Å². The first-order chi connectivity index (χ1) is 39.9. The van der Waals surface area contributed by atoms with E-state index in [1.165, 1.54) is 132 Å². The van der Waals surface area contributed by atoms with Gasteiger partial charge in [-0.1, -0.05) is 156 Å². The molecule has 0 saturated heterocycles. The second-order valence-electron chi connectivity index (χ2n) is 29.9. The van der Waals surface area contributed by atoms with Gasteiger partial charge in [-0.15, -0.1) is 0 Å². The zero-order chi connectivity index (χ0) is 60.6. The Morgan fingerprint density at radius 3 is 2.06 bits per heavy atom. The maximum atomic E-state index is 14.6. The molecule has 470 valence electrons. The van der Waals surface area contributed by atoms with Crippen LogP contribution in [-0.4, -0.2) is 72.5 Å². The van der Waals surface area contributed by atoms with Crippen molar-refractivity contribution in [1.29, 1.82) is 5.26 Å². The molecule has 8 rings (SSSR count). The van der Waals surface area contributed by atoms with Crippen LogP contribution >= 0.6 is 0 Å². The van der Waals surface area contributed by atoms with Gasteiger partial charge in [0.15, 0.2) is 0 Å². The molecule has 0 bridgehead atoms. The van der Waals surface area contributed by atoms with E-state index < -0.39 is 33.1 Å². The van der Waals surface area contributed by atoms with Gasteiger partial charge in [-0.3, -0.25) is 9.59 Å². The summed E-state index contributed by atoms with van der Waals surface area (Å²) in [5, 5.41) is 25.5. The van der Waals surface area contributed by atoms with Crippen LogP contribution in [0.1, 0.15) is 273 Å². The number of hydrogen-bond acceptors (Lipinski definition) is 11. The summed E-state index contributed by atoms with van der Waals surface area (Å²) in [5.41, 5.74) is 2.81. The summed E-state index contributed by atoms with van der Waals surface area (Å²) in [6, 6.07) is 5.54. The first-order valence-corrected chi connectivity index (χ1v) is 36.0. The number of fused-ring (bicyclic) bond motifs is 7. The summed E-state index contributed by atoms with van der Waals surface area (Å²) in [6.07, 6.45) is 40.7. The molecule has 11 nitrogen and oxygen atoms in total. The molecule has 84 heavy (non-hydrogen) atoms. The van der Waals surface area contributed by atoms with Crippen LogP contribution in [0.15, 0.2) is 53.8 Å². The number of sulfone groups is 1. The van der Waals surface area contributed by atoms with Gasteiger partial charge in [-0.2, -0.15) is 5.26 Å². The van der Waals surface area contributed by atoms with Gasteiger partial charge >= 0.3 is 11.9 Å². The number of pyridine rings is 1. The van der Waals surface area contributed by atoms with E-state index in [0.717, 1.165) is 51.5 Å². The molecule has 0 aliphatic heterocycles. The van der Waals surface area contributed by atoms with Crippen LogP contribution in [-0.2, 0) is 28.9 Å². The molecule has 7 aliphatic rings. The number of esters is 2. The Labute approximate surface area is 509 Å². The van der Waals surface area contributed by atoms with Gasteiger partial charge in [0.2, 0.25) is 12.2 Å². The number of ether oxygens (including phenoxy) is 3. The largest absolute Gasteiger partial charge is 0.475 e. The molecule has 0 spiro atoms. The zero-order valence-electron chi connectivity index (χ0n) is 54.0. The monoisotopic (exact) mass is 1180 g/mol. The number of carbonyl (C=O) groups excluding carboxylic acids is 2. The molecule has 0 radical (unpaired) electrons. The average molecular weight is 1180 g/mol. The van der Waals surface area contributed by atoms with Gasteiger partial charge < -0.3 is 24.6 Å². The highest BCUT2D eigenvalue weighted by molar-refractivity contribution is 7.91. The lowest BCUT2D eigenvalue weighted by molar-refractivity contribution is -0.221. The number of aromatic nitrogens is 1. The summed E-state index contributed by atoms with van der Waals surface area (Å²) in [6.45, 7) is 24.5. The fourth-order valence-corrected chi connectivity index (χ4v) is 20.5.